The number of aliphatic hydroxyl groups is 1. The lowest BCUT2D eigenvalue weighted by Gasteiger charge is -2.08. The molecule has 8 nitrogen and oxygen atoms in total. The van der Waals surface area contributed by atoms with Crippen LogP contribution in [0.25, 0.3) is 0 Å². The summed E-state index contributed by atoms with van der Waals surface area (Å²) in [6.07, 6.45) is 1.92. The molecule has 0 aliphatic rings. The number of amides is 2. The minimum absolute atomic E-state index is 0.0321. The van der Waals surface area contributed by atoms with Crippen molar-refractivity contribution in [2.24, 2.45) is 7.05 Å². The Balaban J connectivity index is 2.16. The van der Waals surface area contributed by atoms with Crippen LogP contribution in [-0.4, -0.2) is 44.6 Å². The number of hydrogen-bond donors (Lipinski definition) is 4. The summed E-state index contributed by atoms with van der Waals surface area (Å²) in [5, 5.41) is 26.4. The molecule has 0 saturated carbocycles. The summed E-state index contributed by atoms with van der Waals surface area (Å²) in [6.45, 7) is 0.424. The first-order valence-corrected chi connectivity index (χ1v) is 5.39. The van der Waals surface area contributed by atoms with Gasteiger partial charge in [-0.05, 0) is 0 Å². The SMILES string of the molecule is Cn1cc(CNC(=O)NCC[C@H](O)C(=O)O)cn1. The molecule has 1 rings (SSSR count). The smallest absolute Gasteiger partial charge is 0.332 e. The number of hydrogen-bond acceptors (Lipinski definition) is 4. The predicted molar refractivity (Wildman–Crippen MR) is 61.7 cm³/mol. The second-order valence-electron chi connectivity index (χ2n) is 3.77. The van der Waals surface area contributed by atoms with E-state index in [1.54, 1.807) is 24.1 Å². The van der Waals surface area contributed by atoms with Gasteiger partial charge in [0.1, 0.15) is 0 Å². The van der Waals surface area contributed by atoms with Gasteiger partial charge in [-0.2, -0.15) is 5.10 Å². The van der Waals surface area contributed by atoms with E-state index in [1.807, 2.05) is 0 Å². The van der Waals surface area contributed by atoms with E-state index in [0.717, 1.165) is 5.56 Å². The van der Waals surface area contributed by atoms with Gasteiger partial charge >= 0.3 is 12.0 Å². The summed E-state index contributed by atoms with van der Waals surface area (Å²) in [7, 11) is 1.77. The molecular weight excluding hydrogens is 240 g/mol. The molecule has 100 valence electrons. The van der Waals surface area contributed by atoms with Gasteiger partial charge in [-0.15, -0.1) is 0 Å². The van der Waals surface area contributed by atoms with Crippen LogP contribution < -0.4 is 10.6 Å². The largest absolute Gasteiger partial charge is 0.479 e. The number of carbonyl (C=O) groups excluding carboxylic acids is 1. The zero-order valence-corrected chi connectivity index (χ0v) is 9.96. The number of aromatic nitrogens is 2. The van der Waals surface area contributed by atoms with Gasteiger partial charge in [0, 0.05) is 38.3 Å². The van der Waals surface area contributed by atoms with Gasteiger partial charge in [0.05, 0.1) is 6.20 Å². The Bertz CT molecular complexity index is 418. The van der Waals surface area contributed by atoms with Crippen molar-refractivity contribution in [1.82, 2.24) is 20.4 Å². The third-order valence-electron chi connectivity index (χ3n) is 2.20. The van der Waals surface area contributed by atoms with Crippen LogP contribution in [0.15, 0.2) is 12.4 Å². The molecular formula is C10H16N4O4. The maximum Gasteiger partial charge on any atom is 0.332 e. The van der Waals surface area contributed by atoms with Crippen LogP contribution in [0.3, 0.4) is 0 Å². The third kappa shape index (κ3) is 4.83. The Labute approximate surface area is 104 Å². The number of urea groups is 1. The molecule has 1 aromatic heterocycles. The fraction of sp³-hybridized carbons (Fsp3) is 0.500. The molecule has 0 unspecified atom stereocenters. The highest BCUT2D eigenvalue weighted by atomic mass is 16.4. The van der Waals surface area contributed by atoms with Crippen LogP contribution in [0.5, 0.6) is 0 Å². The maximum atomic E-state index is 11.3. The number of aliphatic hydroxyl groups excluding tert-OH is 1. The highest BCUT2D eigenvalue weighted by Gasteiger charge is 2.12. The molecule has 1 aromatic rings. The van der Waals surface area contributed by atoms with Crippen LogP contribution >= 0.6 is 0 Å². The third-order valence-corrected chi connectivity index (χ3v) is 2.20. The number of aryl methyl sites for hydroxylation is 1. The number of nitrogens with one attached hydrogen (secondary N) is 2. The average molecular weight is 256 g/mol. The molecule has 2 amide bonds. The van der Waals surface area contributed by atoms with Gasteiger partial charge in [0.2, 0.25) is 0 Å². The normalized spacial score (nSPS) is 11.9. The molecule has 0 saturated heterocycles. The van der Waals surface area contributed by atoms with Gasteiger partial charge in [0.25, 0.3) is 0 Å². The summed E-state index contributed by atoms with van der Waals surface area (Å²) in [5.74, 6) is -1.30. The molecule has 18 heavy (non-hydrogen) atoms. The molecule has 0 bridgehead atoms. The summed E-state index contributed by atoms with van der Waals surface area (Å²) in [6, 6.07) is -0.420. The lowest BCUT2D eigenvalue weighted by Crippen LogP contribution is -2.37. The van der Waals surface area contributed by atoms with E-state index in [9.17, 15) is 9.59 Å². The van der Waals surface area contributed by atoms with E-state index in [-0.39, 0.29) is 13.0 Å². The number of rotatable bonds is 6. The Kier molecular flexibility index (Phi) is 5.12. The average Bonchev–Trinajstić information content (AvgIpc) is 2.72. The van der Waals surface area contributed by atoms with Crippen molar-refractivity contribution in [1.29, 1.82) is 0 Å². The minimum atomic E-state index is -1.45. The summed E-state index contributed by atoms with van der Waals surface area (Å²) >= 11 is 0. The zero-order chi connectivity index (χ0) is 13.5. The Morgan fingerprint density at radius 3 is 2.78 bits per heavy atom. The first-order valence-electron chi connectivity index (χ1n) is 5.39. The van der Waals surface area contributed by atoms with Crippen LogP contribution in [-0.2, 0) is 18.4 Å². The lowest BCUT2D eigenvalue weighted by molar-refractivity contribution is -0.146. The number of carboxylic acids is 1. The minimum Gasteiger partial charge on any atom is -0.479 e. The van der Waals surface area contributed by atoms with Crippen LogP contribution in [0.4, 0.5) is 4.79 Å². The van der Waals surface area contributed by atoms with E-state index in [4.69, 9.17) is 10.2 Å². The summed E-state index contributed by atoms with van der Waals surface area (Å²) in [4.78, 5) is 21.6. The molecule has 0 spiro atoms. The molecule has 4 N–H and O–H groups in total. The van der Waals surface area contributed by atoms with Crippen molar-refractivity contribution in [3.8, 4) is 0 Å². The molecule has 1 atom stereocenters. The molecule has 8 heteroatoms. The van der Waals surface area contributed by atoms with Gasteiger partial charge in [0.15, 0.2) is 6.10 Å². The Hall–Kier alpha value is -2.09. The zero-order valence-electron chi connectivity index (χ0n) is 9.96. The lowest BCUT2D eigenvalue weighted by atomic mass is 10.2. The monoisotopic (exact) mass is 256 g/mol. The standard InChI is InChI=1S/C10H16N4O4/c1-14-6-7(5-13-14)4-12-10(18)11-3-2-8(15)9(16)17/h5-6,8,15H,2-4H2,1H3,(H,16,17)(H2,11,12,18)/t8-/m0/s1. The van der Waals surface area contributed by atoms with Crippen LogP contribution in [0, 0.1) is 0 Å². The highest BCUT2D eigenvalue weighted by molar-refractivity contribution is 5.74. The topological polar surface area (TPSA) is 116 Å². The summed E-state index contributed by atoms with van der Waals surface area (Å²) < 4.78 is 1.62. The van der Waals surface area contributed by atoms with Gasteiger partial charge < -0.3 is 20.8 Å². The van der Waals surface area contributed by atoms with Crippen molar-refractivity contribution >= 4 is 12.0 Å². The number of carboxylic acid groups (broad SMARTS) is 1. The molecule has 0 aliphatic carbocycles. The fourth-order valence-corrected chi connectivity index (χ4v) is 1.25. The number of carbonyl (C=O) groups is 2. The van der Waals surface area contributed by atoms with Crippen molar-refractivity contribution in [3.63, 3.8) is 0 Å². The van der Waals surface area contributed by atoms with Crippen LogP contribution in [0.1, 0.15) is 12.0 Å². The van der Waals surface area contributed by atoms with Gasteiger partial charge in [-0.25, -0.2) is 9.59 Å². The second-order valence-corrected chi connectivity index (χ2v) is 3.77. The summed E-state index contributed by atoms with van der Waals surface area (Å²) in [5.41, 5.74) is 0.859. The number of aliphatic carboxylic acids is 1. The Morgan fingerprint density at radius 2 is 2.22 bits per heavy atom. The van der Waals surface area contributed by atoms with E-state index in [0.29, 0.717) is 6.54 Å². The molecule has 0 radical (unpaired) electrons. The fourth-order valence-electron chi connectivity index (χ4n) is 1.25. The van der Waals surface area contributed by atoms with E-state index in [1.165, 1.54) is 0 Å². The van der Waals surface area contributed by atoms with Crippen LogP contribution in [0.2, 0.25) is 0 Å². The molecule has 0 aliphatic heterocycles. The van der Waals surface area contributed by atoms with E-state index in [2.05, 4.69) is 15.7 Å². The quantitative estimate of drug-likeness (QED) is 0.524. The highest BCUT2D eigenvalue weighted by Crippen LogP contribution is 1.94. The predicted octanol–water partition coefficient (Wildman–Crippen LogP) is -0.945. The first kappa shape index (κ1) is 14.0. The molecule has 0 aromatic carbocycles. The van der Waals surface area contributed by atoms with Crippen molar-refractivity contribution in [2.45, 2.75) is 19.1 Å². The van der Waals surface area contributed by atoms with Crippen molar-refractivity contribution in [3.05, 3.63) is 18.0 Å². The molecule has 0 fully saturated rings. The van der Waals surface area contributed by atoms with Gasteiger partial charge in [-0.1, -0.05) is 0 Å². The Morgan fingerprint density at radius 1 is 1.50 bits per heavy atom. The number of nitrogens with zero attached hydrogens (tertiary/aromatic N) is 2. The van der Waals surface area contributed by atoms with Crippen molar-refractivity contribution < 1.29 is 19.8 Å². The molecule has 1 heterocycles. The van der Waals surface area contributed by atoms with Gasteiger partial charge in [-0.3, -0.25) is 4.68 Å². The van der Waals surface area contributed by atoms with E-state index < -0.39 is 18.1 Å². The first-order chi connectivity index (χ1) is 8.49. The maximum absolute atomic E-state index is 11.3. The van der Waals surface area contributed by atoms with E-state index >= 15 is 0 Å². The van der Waals surface area contributed by atoms with Crippen molar-refractivity contribution in [2.75, 3.05) is 6.54 Å². The second kappa shape index (κ2) is 6.60.